The van der Waals surface area contributed by atoms with Gasteiger partial charge in [-0.25, -0.2) is 0 Å². The smallest absolute Gasteiger partial charge is 0.224 e. The predicted octanol–water partition coefficient (Wildman–Crippen LogP) is 3.32. The van der Waals surface area contributed by atoms with Gasteiger partial charge >= 0.3 is 0 Å². The third-order valence-electron chi connectivity index (χ3n) is 4.18. The van der Waals surface area contributed by atoms with Crippen molar-refractivity contribution >= 4 is 17.5 Å². The quantitative estimate of drug-likeness (QED) is 0.767. The molecular weight excluding hydrogens is 352 g/mol. The van der Waals surface area contributed by atoms with Gasteiger partial charge in [-0.3, -0.25) is 4.79 Å². The van der Waals surface area contributed by atoms with Crippen molar-refractivity contribution in [2.24, 2.45) is 0 Å². The van der Waals surface area contributed by atoms with E-state index < -0.39 is 0 Å². The summed E-state index contributed by atoms with van der Waals surface area (Å²) >= 11 is 5.96. The zero-order chi connectivity index (χ0) is 19.1. The van der Waals surface area contributed by atoms with Gasteiger partial charge in [0.2, 0.25) is 5.91 Å². The van der Waals surface area contributed by atoms with Crippen LogP contribution in [0.2, 0.25) is 5.02 Å². The number of rotatable bonds is 8. The number of hydrogen-bond acceptors (Lipinski definition) is 4. The predicted molar refractivity (Wildman–Crippen MR) is 104 cm³/mol. The van der Waals surface area contributed by atoms with Crippen molar-refractivity contribution < 1.29 is 14.3 Å². The maximum atomic E-state index is 12.4. The summed E-state index contributed by atoms with van der Waals surface area (Å²) in [5.41, 5.74) is 1.97. The first kappa shape index (κ1) is 20.1. The van der Waals surface area contributed by atoms with Gasteiger partial charge in [-0.15, -0.1) is 0 Å². The standard InChI is InChI=1S/C20H25ClN2O3/c1-23(2)17(15-6-8-16(21)9-7-15)13-22-20(24)12-14-5-10-18(25-3)19(11-14)26-4/h5-11,17H,12-13H2,1-4H3,(H,22,24). The molecule has 26 heavy (non-hydrogen) atoms. The molecule has 0 spiro atoms. The van der Waals surface area contributed by atoms with Gasteiger partial charge in [-0.05, 0) is 49.5 Å². The van der Waals surface area contributed by atoms with E-state index in [0.717, 1.165) is 11.1 Å². The average molecular weight is 377 g/mol. The molecule has 2 aromatic carbocycles. The Kier molecular flexibility index (Phi) is 7.30. The number of amides is 1. The van der Waals surface area contributed by atoms with Crippen molar-refractivity contribution in [1.82, 2.24) is 10.2 Å². The lowest BCUT2D eigenvalue weighted by atomic mass is 10.1. The number of carbonyl (C=O) groups excluding carboxylic acids is 1. The van der Waals surface area contributed by atoms with Gasteiger partial charge in [0.25, 0.3) is 0 Å². The second kappa shape index (κ2) is 9.46. The summed E-state index contributed by atoms with van der Waals surface area (Å²) in [5, 5.41) is 3.70. The maximum absolute atomic E-state index is 12.4. The van der Waals surface area contributed by atoms with Crippen LogP contribution in [0.25, 0.3) is 0 Å². The molecule has 140 valence electrons. The summed E-state index contributed by atoms with van der Waals surface area (Å²) in [6, 6.07) is 13.2. The van der Waals surface area contributed by atoms with E-state index in [4.69, 9.17) is 21.1 Å². The summed E-state index contributed by atoms with van der Waals surface area (Å²) in [4.78, 5) is 14.4. The fraction of sp³-hybridized carbons (Fsp3) is 0.350. The van der Waals surface area contributed by atoms with Crippen LogP contribution in [-0.4, -0.2) is 45.7 Å². The molecule has 1 N–H and O–H groups in total. The first-order chi connectivity index (χ1) is 12.4. The lowest BCUT2D eigenvalue weighted by Gasteiger charge is -2.25. The number of ether oxygens (including phenoxy) is 2. The molecule has 0 bridgehead atoms. The molecule has 1 atom stereocenters. The maximum Gasteiger partial charge on any atom is 0.224 e. The van der Waals surface area contributed by atoms with Gasteiger partial charge in [0.1, 0.15) is 0 Å². The second-order valence-electron chi connectivity index (χ2n) is 6.20. The van der Waals surface area contributed by atoms with E-state index in [9.17, 15) is 4.79 Å². The Bertz CT molecular complexity index is 732. The van der Waals surface area contributed by atoms with Crippen molar-refractivity contribution in [3.8, 4) is 11.5 Å². The van der Waals surface area contributed by atoms with Crippen LogP contribution in [0.1, 0.15) is 17.2 Å². The molecule has 1 unspecified atom stereocenters. The molecule has 1 amide bonds. The summed E-state index contributed by atoms with van der Waals surface area (Å²) in [7, 11) is 7.14. The van der Waals surface area contributed by atoms with Gasteiger partial charge in [0, 0.05) is 11.6 Å². The number of methoxy groups -OCH3 is 2. The van der Waals surface area contributed by atoms with E-state index in [0.29, 0.717) is 23.1 Å². The number of halogens is 1. The topological polar surface area (TPSA) is 50.8 Å². The van der Waals surface area contributed by atoms with Crippen LogP contribution in [-0.2, 0) is 11.2 Å². The Labute approximate surface area is 159 Å². The van der Waals surface area contributed by atoms with Gasteiger partial charge in [-0.1, -0.05) is 29.8 Å². The SMILES string of the molecule is COc1ccc(CC(=O)NCC(c2ccc(Cl)cc2)N(C)C)cc1OC. The highest BCUT2D eigenvalue weighted by Gasteiger charge is 2.16. The first-order valence-corrected chi connectivity index (χ1v) is 8.72. The third-order valence-corrected chi connectivity index (χ3v) is 4.44. The highest BCUT2D eigenvalue weighted by atomic mass is 35.5. The highest BCUT2D eigenvalue weighted by molar-refractivity contribution is 6.30. The first-order valence-electron chi connectivity index (χ1n) is 8.34. The van der Waals surface area contributed by atoms with Gasteiger partial charge in [-0.2, -0.15) is 0 Å². The van der Waals surface area contributed by atoms with Crippen molar-refractivity contribution in [2.75, 3.05) is 34.9 Å². The Morgan fingerprint density at radius 1 is 1.08 bits per heavy atom. The monoisotopic (exact) mass is 376 g/mol. The van der Waals surface area contributed by atoms with E-state index in [-0.39, 0.29) is 18.4 Å². The number of likely N-dealkylation sites (N-methyl/N-ethyl adjacent to an activating group) is 1. The lowest BCUT2D eigenvalue weighted by Crippen LogP contribution is -2.35. The van der Waals surface area contributed by atoms with Crippen LogP contribution in [0.15, 0.2) is 42.5 Å². The van der Waals surface area contributed by atoms with Crippen molar-refractivity contribution in [2.45, 2.75) is 12.5 Å². The van der Waals surface area contributed by atoms with Crippen LogP contribution in [0, 0.1) is 0 Å². The molecule has 0 saturated carbocycles. The molecule has 0 aliphatic carbocycles. The van der Waals surface area contributed by atoms with E-state index in [2.05, 4.69) is 10.2 Å². The molecule has 0 radical (unpaired) electrons. The average Bonchev–Trinajstić information content (AvgIpc) is 2.63. The van der Waals surface area contributed by atoms with Crippen LogP contribution in [0.4, 0.5) is 0 Å². The number of hydrogen-bond donors (Lipinski definition) is 1. The molecule has 6 heteroatoms. The molecule has 0 aliphatic rings. The van der Waals surface area contributed by atoms with Gasteiger partial charge < -0.3 is 19.7 Å². The molecule has 2 rings (SSSR count). The molecule has 0 aromatic heterocycles. The Morgan fingerprint density at radius 2 is 1.73 bits per heavy atom. The van der Waals surface area contributed by atoms with E-state index in [1.807, 2.05) is 50.5 Å². The van der Waals surface area contributed by atoms with Crippen molar-refractivity contribution in [1.29, 1.82) is 0 Å². The zero-order valence-electron chi connectivity index (χ0n) is 15.6. The highest BCUT2D eigenvalue weighted by Crippen LogP contribution is 2.27. The largest absolute Gasteiger partial charge is 0.493 e. The van der Waals surface area contributed by atoms with Crippen molar-refractivity contribution in [3.05, 3.63) is 58.6 Å². The number of nitrogens with zero attached hydrogens (tertiary/aromatic N) is 1. The molecule has 0 fully saturated rings. The van der Waals surface area contributed by atoms with Crippen LogP contribution >= 0.6 is 11.6 Å². The van der Waals surface area contributed by atoms with Crippen LogP contribution in [0.5, 0.6) is 11.5 Å². The van der Waals surface area contributed by atoms with Gasteiger partial charge in [0.05, 0.1) is 26.7 Å². The summed E-state index contributed by atoms with van der Waals surface area (Å²) in [6.45, 7) is 0.515. The number of carbonyl (C=O) groups is 1. The summed E-state index contributed by atoms with van der Waals surface area (Å²) < 4.78 is 10.5. The fourth-order valence-electron chi connectivity index (χ4n) is 2.73. The Morgan fingerprint density at radius 3 is 2.31 bits per heavy atom. The number of benzene rings is 2. The Hall–Kier alpha value is -2.24. The van der Waals surface area contributed by atoms with E-state index in [1.54, 1.807) is 20.3 Å². The summed E-state index contributed by atoms with van der Waals surface area (Å²) in [6.07, 6.45) is 0.279. The molecule has 0 heterocycles. The minimum atomic E-state index is -0.0435. The molecule has 0 saturated heterocycles. The molecule has 2 aromatic rings. The van der Waals surface area contributed by atoms with Crippen LogP contribution < -0.4 is 14.8 Å². The third kappa shape index (κ3) is 5.38. The van der Waals surface area contributed by atoms with E-state index in [1.165, 1.54) is 0 Å². The second-order valence-corrected chi connectivity index (χ2v) is 6.64. The fourth-order valence-corrected chi connectivity index (χ4v) is 2.86. The molecule has 5 nitrogen and oxygen atoms in total. The normalized spacial score (nSPS) is 11.9. The zero-order valence-corrected chi connectivity index (χ0v) is 16.3. The van der Waals surface area contributed by atoms with Crippen molar-refractivity contribution in [3.63, 3.8) is 0 Å². The Balaban J connectivity index is 1.99. The lowest BCUT2D eigenvalue weighted by molar-refractivity contribution is -0.120. The van der Waals surface area contributed by atoms with Gasteiger partial charge in [0.15, 0.2) is 11.5 Å². The minimum Gasteiger partial charge on any atom is -0.493 e. The van der Waals surface area contributed by atoms with Crippen LogP contribution in [0.3, 0.4) is 0 Å². The molecule has 0 aliphatic heterocycles. The summed E-state index contributed by atoms with van der Waals surface area (Å²) in [5.74, 6) is 1.22. The van der Waals surface area contributed by atoms with E-state index >= 15 is 0 Å². The molecular formula is C20H25ClN2O3. The number of nitrogens with one attached hydrogen (secondary N) is 1. The minimum absolute atomic E-state index is 0.0435.